The average Bonchev–Trinajstić information content (AvgIpc) is 2.81. The molecule has 0 atom stereocenters. The van der Waals surface area contributed by atoms with Crippen molar-refractivity contribution in [1.82, 2.24) is 5.32 Å². The maximum Gasteiger partial charge on any atom is 0.329 e. The van der Waals surface area contributed by atoms with E-state index in [2.05, 4.69) is 5.32 Å². The van der Waals surface area contributed by atoms with Crippen molar-refractivity contribution in [1.29, 1.82) is 0 Å². The van der Waals surface area contributed by atoms with Crippen LogP contribution >= 0.6 is 0 Å². The van der Waals surface area contributed by atoms with E-state index in [1.807, 2.05) is 24.3 Å². The van der Waals surface area contributed by atoms with E-state index in [4.69, 9.17) is 14.6 Å². The number of aliphatic hydroxyl groups is 1. The standard InChI is InChI=1S/C27H35NO6/c1-33-23-11-10-22(25(30)28-27(26(31)32)14-5-3-2-4-6-15-27)19-24(23)34-17-13-21-9-7-8-20(18-21)12-16-29/h7-11,18-19,29H,2-6,12-17H2,1H3,(H,28,30)(H,31,32). The lowest BCUT2D eigenvalue weighted by atomic mass is 9.83. The first-order valence-corrected chi connectivity index (χ1v) is 12.0. The lowest BCUT2D eigenvalue weighted by Gasteiger charge is -2.32. The van der Waals surface area contributed by atoms with E-state index in [0.29, 0.717) is 49.4 Å². The molecule has 0 unspecified atom stereocenters. The van der Waals surface area contributed by atoms with Crippen molar-refractivity contribution in [3.63, 3.8) is 0 Å². The van der Waals surface area contributed by atoms with Crippen LogP contribution in [0.2, 0.25) is 0 Å². The third kappa shape index (κ3) is 6.73. The molecule has 0 radical (unpaired) electrons. The third-order valence-corrected chi connectivity index (χ3v) is 6.44. The highest BCUT2D eigenvalue weighted by Crippen LogP contribution is 2.30. The van der Waals surface area contributed by atoms with E-state index in [-0.39, 0.29) is 6.61 Å². The summed E-state index contributed by atoms with van der Waals surface area (Å²) in [6.07, 6.45) is 6.76. The Hall–Kier alpha value is -3.06. The Morgan fingerprint density at radius 3 is 2.26 bits per heavy atom. The lowest BCUT2D eigenvalue weighted by Crippen LogP contribution is -2.54. The van der Waals surface area contributed by atoms with Crippen LogP contribution in [0.5, 0.6) is 11.5 Å². The van der Waals surface area contributed by atoms with Crippen LogP contribution < -0.4 is 14.8 Å². The Labute approximate surface area is 201 Å². The lowest BCUT2D eigenvalue weighted by molar-refractivity contribution is -0.145. The first-order chi connectivity index (χ1) is 16.5. The Morgan fingerprint density at radius 2 is 1.62 bits per heavy atom. The van der Waals surface area contributed by atoms with Crippen molar-refractivity contribution in [3.05, 3.63) is 59.2 Å². The number of ether oxygens (including phenoxy) is 2. The highest BCUT2D eigenvalue weighted by Gasteiger charge is 2.39. The molecule has 1 saturated carbocycles. The normalized spacial score (nSPS) is 15.6. The zero-order chi connectivity index (χ0) is 24.4. The molecule has 3 N–H and O–H groups in total. The second kappa shape index (κ2) is 12.4. The molecule has 1 fully saturated rings. The van der Waals surface area contributed by atoms with Gasteiger partial charge in [-0.1, -0.05) is 56.4 Å². The van der Waals surface area contributed by atoms with Crippen molar-refractivity contribution in [2.45, 2.75) is 63.3 Å². The van der Waals surface area contributed by atoms with Gasteiger partial charge in [0.15, 0.2) is 11.5 Å². The van der Waals surface area contributed by atoms with Gasteiger partial charge in [0.1, 0.15) is 5.54 Å². The van der Waals surface area contributed by atoms with Crippen molar-refractivity contribution in [2.24, 2.45) is 0 Å². The average molecular weight is 470 g/mol. The van der Waals surface area contributed by atoms with Crippen LogP contribution in [0, 0.1) is 0 Å². The van der Waals surface area contributed by atoms with Gasteiger partial charge in [0.25, 0.3) is 5.91 Å². The van der Waals surface area contributed by atoms with Crippen LogP contribution in [0.3, 0.4) is 0 Å². The second-order valence-corrected chi connectivity index (χ2v) is 8.87. The predicted molar refractivity (Wildman–Crippen MR) is 130 cm³/mol. The van der Waals surface area contributed by atoms with E-state index in [1.54, 1.807) is 18.2 Å². The minimum absolute atomic E-state index is 0.106. The molecule has 1 aliphatic carbocycles. The maximum atomic E-state index is 13.1. The van der Waals surface area contributed by atoms with Gasteiger partial charge in [0.05, 0.1) is 13.7 Å². The number of aliphatic carboxylic acids is 1. The monoisotopic (exact) mass is 469 g/mol. The van der Waals surface area contributed by atoms with Crippen LogP contribution in [0.4, 0.5) is 0 Å². The first-order valence-electron chi connectivity index (χ1n) is 12.0. The van der Waals surface area contributed by atoms with Crippen molar-refractivity contribution in [3.8, 4) is 11.5 Å². The van der Waals surface area contributed by atoms with E-state index in [9.17, 15) is 14.7 Å². The van der Waals surface area contributed by atoms with Crippen LogP contribution in [0.25, 0.3) is 0 Å². The number of methoxy groups -OCH3 is 1. The summed E-state index contributed by atoms with van der Waals surface area (Å²) >= 11 is 0. The number of aliphatic hydroxyl groups excluding tert-OH is 1. The maximum absolute atomic E-state index is 13.1. The molecule has 184 valence electrons. The number of carboxylic acid groups (broad SMARTS) is 1. The molecular weight excluding hydrogens is 434 g/mol. The fraction of sp³-hybridized carbons (Fsp3) is 0.481. The van der Waals surface area contributed by atoms with Gasteiger partial charge in [-0.05, 0) is 48.6 Å². The predicted octanol–water partition coefficient (Wildman–Crippen LogP) is 4.15. The van der Waals surface area contributed by atoms with Gasteiger partial charge in [0, 0.05) is 18.6 Å². The van der Waals surface area contributed by atoms with E-state index in [1.165, 1.54) is 7.11 Å². The van der Waals surface area contributed by atoms with Crippen LogP contribution in [0.15, 0.2) is 42.5 Å². The van der Waals surface area contributed by atoms with Crippen molar-refractivity contribution >= 4 is 11.9 Å². The minimum atomic E-state index is -1.24. The number of hydrogen-bond donors (Lipinski definition) is 3. The number of benzene rings is 2. The summed E-state index contributed by atoms with van der Waals surface area (Å²) in [5.74, 6) is -0.462. The topological polar surface area (TPSA) is 105 Å². The van der Waals surface area contributed by atoms with Gasteiger partial charge >= 0.3 is 5.97 Å². The molecule has 0 heterocycles. The van der Waals surface area contributed by atoms with Gasteiger partial charge in [0.2, 0.25) is 0 Å². The highest BCUT2D eigenvalue weighted by atomic mass is 16.5. The number of amides is 1. The summed E-state index contributed by atoms with van der Waals surface area (Å²) in [5, 5.41) is 21.9. The summed E-state index contributed by atoms with van der Waals surface area (Å²) in [6.45, 7) is 0.484. The zero-order valence-corrected chi connectivity index (χ0v) is 19.8. The van der Waals surface area contributed by atoms with Crippen LogP contribution in [-0.2, 0) is 17.6 Å². The summed E-state index contributed by atoms with van der Waals surface area (Å²) in [6, 6.07) is 12.9. The number of hydrogen-bond acceptors (Lipinski definition) is 5. The SMILES string of the molecule is COc1ccc(C(=O)NC2(C(=O)O)CCCCCCC2)cc1OCCc1cccc(CCO)c1. The summed E-state index contributed by atoms with van der Waals surface area (Å²) < 4.78 is 11.3. The van der Waals surface area contributed by atoms with Gasteiger partial charge in [-0.25, -0.2) is 4.79 Å². The molecule has 0 aromatic heterocycles. The fourth-order valence-corrected chi connectivity index (χ4v) is 4.47. The van der Waals surface area contributed by atoms with Crippen LogP contribution in [-0.4, -0.2) is 48.0 Å². The van der Waals surface area contributed by atoms with Gasteiger partial charge in [-0.15, -0.1) is 0 Å². The molecule has 7 nitrogen and oxygen atoms in total. The molecule has 0 spiro atoms. The van der Waals surface area contributed by atoms with E-state index < -0.39 is 17.4 Å². The van der Waals surface area contributed by atoms with Crippen molar-refractivity contribution < 1.29 is 29.3 Å². The van der Waals surface area contributed by atoms with Crippen LogP contribution in [0.1, 0.15) is 66.4 Å². The van der Waals surface area contributed by atoms with E-state index in [0.717, 1.165) is 43.2 Å². The van der Waals surface area contributed by atoms with Gasteiger partial charge in [-0.3, -0.25) is 4.79 Å². The number of carboxylic acids is 1. The molecule has 34 heavy (non-hydrogen) atoms. The summed E-state index contributed by atoms with van der Waals surface area (Å²) in [4.78, 5) is 25.2. The van der Waals surface area contributed by atoms with Gasteiger partial charge < -0.3 is 25.0 Å². The second-order valence-electron chi connectivity index (χ2n) is 8.87. The number of carbonyl (C=O) groups is 2. The van der Waals surface area contributed by atoms with Gasteiger partial charge in [-0.2, -0.15) is 0 Å². The quantitative estimate of drug-likeness (QED) is 0.483. The fourth-order valence-electron chi connectivity index (χ4n) is 4.47. The molecule has 3 rings (SSSR count). The largest absolute Gasteiger partial charge is 0.493 e. The third-order valence-electron chi connectivity index (χ3n) is 6.44. The Kier molecular flexibility index (Phi) is 9.33. The summed E-state index contributed by atoms with van der Waals surface area (Å²) in [5.41, 5.74) is 1.26. The molecule has 7 heteroatoms. The number of nitrogens with one attached hydrogen (secondary N) is 1. The molecule has 1 aliphatic rings. The Bertz CT molecular complexity index is 965. The Balaban J connectivity index is 1.70. The van der Waals surface area contributed by atoms with Crippen molar-refractivity contribution in [2.75, 3.05) is 20.3 Å². The smallest absolute Gasteiger partial charge is 0.329 e. The molecule has 1 amide bonds. The zero-order valence-electron chi connectivity index (χ0n) is 19.8. The molecule has 0 aliphatic heterocycles. The van der Waals surface area contributed by atoms with E-state index >= 15 is 0 Å². The minimum Gasteiger partial charge on any atom is -0.493 e. The molecule has 2 aromatic rings. The number of carbonyl (C=O) groups excluding carboxylic acids is 1. The number of rotatable bonds is 10. The highest BCUT2D eigenvalue weighted by molar-refractivity contribution is 5.98. The molecular formula is C27H35NO6. The summed E-state index contributed by atoms with van der Waals surface area (Å²) in [7, 11) is 1.54. The molecule has 0 bridgehead atoms. The molecule has 2 aromatic carbocycles. The first kappa shape index (κ1) is 25.6. The molecule has 0 saturated heterocycles. The Morgan fingerprint density at radius 1 is 0.941 bits per heavy atom.